The van der Waals surface area contributed by atoms with E-state index in [9.17, 15) is 9.90 Å². The lowest BCUT2D eigenvalue weighted by atomic mass is 9.73. The van der Waals surface area contributed by atoms with E-state index in [1.165, 1.54) is 0 Å². The molecule has 0 radical (unpaired) electrons. The normalized spacial score (nSPS) is 30.9. The molecule has 1 aromatic rings. The number of rotatable bonds is 1. The molecule has 90 valence electrons. The zero-order valence-electron chi connectivity index (χ0n) is 9.63. The molecule has 17 heavy (non-hydrogen) atoms. The highest BCUT2D eigenvalue weighted by Gasteiger charge is 2.42. The van der Waals surface area contributed by atoms with Crippen molar-refractivity contribution in [2.24, 2.45) is 5.92 Å². The summed E-state index contributed by atoms with van der Waals surface area (Å²) < 4.78 is 5.95. The average Bonchev–Trinajstić information content (AvgIpc) is 2.35. The van der Waals surface area contributed by atoms with E-state index in [0.29, 0.717) is 0 Å². The van der Waals surface area contributed by atoms with Crippen LogP contribution in [0.1, 0.15) is 37.2 Å². The Hall–Kier alpha value is -1.51. The van der Waals surface area contributed by atoms with E-state index in [1.54, 1.807) is 0 Å². The lowest BCUT2D eigenvalue weighted by Gasteiger charge is -2.40. The summed E-state index contributed by atoms with van der Waals surface area (Å²) in [6.45, 7) is 0. The van der Waals surface area contributed by atoms with Gasteiger partial charge in [0.2, 0.25) is 0 Å². The van der Waals surface area contributed by atoms with Crippen LogP contribution in [0.5, 0.6) is 5.75 Å². The molecule has 1 saturated carbocycles. The first kappa shape index (κ1) is 10.6. The van der Waals surface area contributed by atoms with Crippen LogP contribution in [0.15, 0.2) is 24.3 Å². The second-order valence-electron chi connectivity index (χ2n) is 4.96. The topological polar surface area (TPSA) is 46.5 Å². The van der Waals surface area contributed by atoms with Gasteiger partial charge in [0.1, 0.15) is 11.9 Å². The zero-order chi connectivity index (χ0) is 11.8. The van der Waals surface area contributed by atoms with Crippen molar-refractivity contribution in [2.75, 3.05) is 0 Å². The molecule has 3 rings (SSSR count). The summed E-state index contributed by atoms with van der Waals surface area (Å²) in [5, 5.41) is 9.47. The predicted molar refractivity (Wildman–Crippen MR) is 63.2 cm³/mol. The molecule has 1 N–H and O–H groups in total. The molecule has 0 bridgehead atoms. The van der Waals surface area contributed by atoms with Crippen molar-refractivity contribution in [1.82, 2.24) is 0 Å². The van der Waals surface area contributed by atoms with Crippen LogP contribution in [-0.2, 0) is 4.79 Å². The third-order valence-electron chi connectivity index (χ3n) is 3.98. The SMILES string of the molecule is O=C(O)[C@@H]1c2ccccc2O[C@H]2CCCC[C@H]21. The molecule has 0 unspecified atom stereocenters. The minimum absolute atomic E-state index is 0.0970. The van der Waals surface area contributed by atoms with Crippen LogP contribution < -0.4 is 4.74 Å². The number of carboxylic acid groups (broad SMARTS) is 1. The number of ether oxygens (including phenoxy) is 1. The number of benzene rings is 1. The fraction of sp³-hybridized carbons (Fsp3) is 0.500. The maximum absolute atomic E-state index is 11.5. The number of carboxylic acids is 1. The van der Waals surface area contributed by atoms with Crippen molar-refractivity contribution in [3.8, 4) is 5.75 Å². The smallest absolute Gasteiger partial charge is 0.311 e. The van der Waals surface area contributed by atoms with E-state index >= 15 is 0 Å². The number of carbonyl (C=O) groups is 1. The molecular formula is C14H16O3. The van der Waals surface area contributed by atoms with Crippen LogP contribution in [-0.4, -0.2) is 17.2 Å². The fourth-order valence-corrected chi connectivity index (χ4v) is 3.21. The van der Waals surface area contributed by atoms with Crippen LogP contribution in [0, 0.1) is 5.92 Å². The van der Waals surface area contributed by atoms with Crippen molar-refractivity contribution >= 4 is 5.97 Å². The van der Waals surface area contributed by atoms with Crippen LogP contribution in [0.4, 0.5) is 0 Å². The monoisotopic (exact) mass is 232 g/mol. The van der Waals surface area contributed by atoms with E-state index in [0.717, 1.165) is 37.0 Å². The van der Waals surface area contributed by atoms with Gasteiger partial charge in [-0.3, -0.25) is 4.79 Å². The van der Waals surface area contributed by atoms with Crippen LogP contribution in [0.3, 0.4) is 0 Å². The highest BCUT2D eigenvalue weighted by Crippen LogP contribution is 2.45. The largest absolute Gasteiger partial charge is 0.490 e. The molecule has 0 amide bonds. The van der Waals surface area contributed by atoms with Crippen molar-refractivity contribution in [3.05, 3.63) is 29.8 Å². The molecule has 0 aromatic heterocycles. The Labute approximate surface area is 100 Å². The first-order valence-electron chi connectivity index (χ1n) is 6.26. The fourth-order valence-electron chi connectivity index (χ4n) is 3.21. The average molecular weight is 232 g/mol. The van der Waals surface area contributed by atoms with Crippen LogP contribution in [0.2, 0.25) is 0 Å². The van der Waals surface area contributed by atoms with E-state index in [4.69, 9.17) is 4.74 Å². The van der Waals surface area contributed by atoms with E-state index < -0.39 is 5.97 Å². The third kappa shape index (κ3) is 1.70. The van der Waals surface area contributed by atoms with E-state index in [2.05, 4.69) is 0 Å². The van der Waals surface area contributed by atoms with Gasteiger partial charge >= 0.3 is 5.97 Å². The molecule has 1 aromatic carbocycles. The van der Waals surface area contributed by atoms with Gasteiger partial charge in [0.15, 0.2) is 0 Å². The van der Waals surface area contributed by atoms with Crippen LogP contribution >= 0.6 is 0 Å². The van der Waals surface area contributed by atoms with Crippen molar-refractivity contribution in [2.45, 2.75) is 37.7 Å². The summed E-state index contributed by atoms with van der Waals surface area (Å²) >= 11 is 0. The molecule has 1 aliphatic heterocycles. The van der Waals surface area contributed by atoms with Gasteiger partial charge in [-0.1, -0.05) is 24.6 Å². The number of fused-ring (bicyclic) bond motifs is 2. The Bertz CT molecular complexity index is 441. The van der Waals surface area contributed by atoms with Gasteiger partial charge in [-0.2, -0.15) is 0 Å². The Morgan fingerprint density at radius 1 is 1.24 bits per heavy atom. The Morgan fingerprint density at radius 2 is 2.00 bits per heavy atom. The number of aliphatic carboxylic acids is 1. The quantitative estimate of drug-likeness (QED) is 0.809. The number of hydrogen-bond donors (Lipinski definition) is 1. The minimum atomic E-state index is -0.711. The van der Waals surface area contributed by atoms with Crippen molar-refractivity contribution in [1.29, 1.82) is 0 Å². The molecule has 3 heteroatoms. The van der Waals surface area contributed by atoms with Gasteiger partial charge in [-0.25, -0.2) is 0 Å². The summed E-state index contributed by atoms with van der Waals surface area (Å²) in [5.74, 6) is -0.179. The number of hydrogen-bond acceptors (Lipinski definition) is 2. The maximum Gasteiger partial charge on any atom is 0.311 e. The van der Waals surface area contributed by atoms with E-state index in [1.807, 2.05) is 24.3 Å². The molecule has 1 fully saturated rings. The summed E-state index contributed by atoms with van der Waals surface area (Å²) in [5.41, 5.74) is 0.850. The molecule has 0 saturated heterocycles. The van der Waals surface area contributed by atoms with Gasteiger partial charge in [0, 0.05) is 11.5 Å². The first-order chi connectivity index (χ1) is 8.27. The summed E-state index contributed by atoms with van der Waals surface area (Å²) in [6, 6.07) is 7.57. The molecule has 3 nitrogen and oxygen atoms in total. The van der Waals surface area contributed by atoms with Crippen LogP contribution in [0.25, 0.3) is 0 Å². The van der Waals surface area contributed by atoms with Gasteiger partial charge in [0.25, 0.3) is 0 Å². The summed E-state index contributed by atoms with van der Waals surface area (Å²) in [7, 11) is 0. The third-order valence-corrected chi connectivity index (χ3v) is 3.98. The van der Waals surface area contributed by atoms with Crippen molar-refractivity contribution in [3.63, 3.8) is 0 Å². The Morgan fingerprint density at radius 3 is 2.82 bits per heavy atom. The lowest BCUT2D eigenvalue weighted by molar-refractivity contribution is -0.142. The number of para-hydroxylation sites is 1. The standard InChI is InChI=1S/C14H16O3/c15-14(16)13-9-5-1-3-7-11(9)17-12-8-4-2-6-10(12)13/h1,3,5,7,10,12-13H,2,4,6,8H2,(H,15,16)/t10-,12+,13-/m1/s1. The molecule has 0 spiro atoms. The van der Waals surface area contributed by atoms with Gasteiger partial charge in [-0.15, -0.1) is 0 Å². The molecule has 1 aliphatic carbocycles. The van der Waals surface area contributed by atoms with E-state index in [-0.39, 0.29) is 17.9 Å². The Balaban J connectivity index is 2.05. The highest BCUT2D eigenvalue weighted by molar-refractivity contribution is 5.78. The lowest BCUT2D eigenvalue weighted by Crippen LogP contribution is -2.41. The van der Waals surface area contributed by atoms with Gasteiger partial charge in [0.05, 0.1) is 5.92 Å². The van der Waals surface area contributed by atoms with Crippen molar-refractivity contribution < 1.29 is 14.6 Å². The molecule has 3 atom stereocenters. The molecule has 1 heterocycles. The predicted octanol–water partition coefficient (Wildman–Crippen LogP) is 2.81. The second-order valence-corrected chi connectivity index (χ2v) is 4.96. The second kappa shape index (κ2) is 4.06. The maximum atomic E-state index is 11.5. The summed E-state index contributed by atoms with van der Waals surface area (Å²) in [6.07, 6.45) is 4.32. The van der Waals surface area contributed by atoms with Gasteiger partial charge < -0.3 is 9.84 Å². The molecule has 2 aliphatic rings. The first-order valence-corrected chi connectivity index (χ1v) is 6.26. The zero-order valence-corrected chi connectivity index (χ0v) is 9.63. The summed E-state index contributed by atoms with van der Waals surface area (Å²) in [4.78, 5) is 11.5. The highest BCUT2D eigenvalue weighted by atomic mass is 16.5. The molecular weight excluding hydrogens is 216 g/mol. The Kier molecular flexibility index (Phi) is 2.54. The minimum Gasteiger partial charge on any atom is -0.490 e. The van der Waals surface area contributed by atoms with Gasteiger partial charge in [-0.05, 0) is 25.3 Å².